The monoisotopic (exact) mass is 431 g/mol. The Morgan fingerprint density at radius 3 is 2.12 bits per heavy atom. The van der Waals surface area contributed by atoms with Crippen LogP contribution in [0.4, 0.5) is 11.4 Å². The maximum Gasteiger partial charge on any atom is 0.257 e. The van der Waals surface area contributed by atoms with Crippen LogP contribution in [0.3, 0.4) is 0 Å². The number of para-hydroxylation sites is 1. The van der Waals surface area contributed by atoms with Gasteiger partial charge in [0.25, 0.3) is 5.91 Å². The van der Waals surface area contributed by atoms with Crippen molar-refractivity contribution in [3.63, 3.8) is 0 Å². The average molecular weight is 432 g/mol. The molecule has 166 valence electrons. The summed E-state index contributed by atoms with van der Waals surface area (Å²) in [6, 6.07) is 23.8. The second-order valence-electron chi connectivity index (χ2n) is 8.25. The summed E-state index contributed by atoms with van der Waals surface area (Å²) in [4.78, 5) is 19.4. The van der Waals surface area contributed by atoms with E-state index < -0.39 is 6.29 Å². The molecule has 4 rings (SSSR count). The molecule has 32 heavy (non-hydrogen) atoms. The molecule has 0 aliphatic carbocycles. The zero-order valence-corrected chi connectivity index (χ0v) is 18.7. The average Bonchev–Trinajstić information content (AvgIpc) is 2.82. The highest BCUT2D eigenvalue weighted by atomic mass is 16.6. The predicted octanol–water partition coefficient (Wildman–Crippen LogP) is 4.01. The second kappa shape index (κ2) is 9.42. The lowest BCUT2D eigenvalue weighted by Crippen LogP contribution is -2.45. The molecule has 0 saturated carbocycles. The first-order valence-corrected chi connectivity index (χ1v) is 10.7. The lowest BCUT2D eigenvalue weighted by atomic mass is 10.1. The van der Waals surface area contributed by atoms with Gasteiger partial charge >= 0.3 is 0 Å². The van der Waals surface area contributed by atoms with Gasteiger partial charge < -0.3 is 24.5 Å². The van der Waals surface area contributed by atoms with Crippen LogP contribution in [0.2, 0.25) is 0 Å². The summed E-state index contributed by atoms with van der Waals surface area (Å²) in [5.74, 6) is 0.0285. The minimum absolute atomic E-state index is 0.0285. The van der Waals surface area contributed by atoms with E-state index in [4.69, 9.17) is 4.74 Å². The van der Waals surface area contributed by atoms with Gasteiger partial charge in [-0.05, 0) is 35.4 Å². The van der Waals surface area contributed by atoms with E-state index in [-0.39, 0.29) is 5.91 Å². The van der Waals surface area contributed by atoms with E-state index in [1.54, 1.807) is 0 Å². The molecule has 3 aromatic carbocycles. The van der Waals surface area contributed by atoms with Crippen LogP contribution in [0.1, 0.15) is 33.3 Å². The van der Waals surface area contributed by atoms with Gasteiger partial charge in [-0.25, -0.2) is 0 Å². The highest BCUT2D eigenvalue weighted by Crippen LogP contribution is 2.30. The van der Waals surface area contributed by atoms with Gasteiger partial charge in [-0.1, -0.05) is 48.5 Å². The number of carbonyl (C=O) groups excluding carboxylic acids is 1. The van der Waals surface area contributed by atoms with Crippen LogP contribution < -0.4 is 9.80 Å². The molecular weight excluding hydrogens is 402 g/mol. The Morgan fingerprint density at radius 2 is 1.50 bits per heavy atom. The number of carbonyl (C=O) groups is 1. The van der Waals surface area contributed by atoms with Crippen molar-refractivity contribution < 1.29 is 14.6 Å². The van der Waals surface area contributed by atoms with Crippen LogP contribution >= 0.6 is 0 Å². The third-order valence-electron chi connectivity index (χ3n) is 5.79. The lowest BCUT2D eigenvalue weighted by molar-refractivity contribution is -0.0769. The first-order valence-electron chi connectivity index (χ1n) is 10.7. The van der Waals surface area contributed by atoms with Crippen molar-refractivity contribution in [2.75, 3.05) is 37.7 Å². The maximum atomic E-state index is 13.2. The molecule has 6 heteroatoms. The quantitative estimate of drug-likeness (QED) is 0.573. The van der Waals surface area contributed by atoms with Gasteiger partial charge in [-0.2, -0.15) is 0 Å². The van der Waals surface area contributed by atoms with Crippen LogP contribution in [-0.2, 0) is 17.8 Å². The molecule has 1 atom stereocenters. The summed E-state index contributed by atoms with van der Waals surface area (Å²) in [6.07, 6.45) is -0.943. The van der Waals surface area contributed by atoms with Crippen molar-refractivity contribution in [1.82, 2.24) is 4.90 Å². The molecule has 0 radical (unpaired) electrons. The first kappa shape index (κ1) is 21.9. The van der Waals surface area contributed by atoms with Crippen LogP contribution in [-0.4, -0.2) is 43.8 Å². The molecule has 1 aliphatic rings. The van der Waals surface area contributed by atoms with E-state index in [0.717, 1.165) is 22.5 Å². The third kappa shape index (κ3) is 4.61. The van der Waals surface area contributed by atoms with Crippen molar-refractivity contribution in [3.05, 3.63) is 95.1 Å². The number of fused-ring (bicyclic) bond motifs is 1. The summed E-state index contributed by atoms with van der Waals surface area (Å²) in [6.45, 7) is 1.72. The SMILES string of the molecule is COC(O)c1ccc(CN2CN(Cc3ccc(N(C)C)cc3)c3ccccc3C2=O)cc1. The van der Waals surface area contributed by atoms with E-state index in [1.165, 1.54) is 12.7 Å². The molecule has 6 nitrogen and oxygen atoms in total. The summed E-state index contributed by atoms with van der Waals surface area (Å²) in [5.41, 5.74) is 5.72. The van der Waals surface area contributed by atoms with Gasteiger partial charge in [-0.3, -0.25) is 4.79 Å². The van der Waals surface area contributed by atoms with Gasteiger partial charge in [0.15, 0.2) is 6.29 Å². The number of rotatable bonds is 7. The van der Waals surface area contributed by atoms with Crippen LogP contribution in [0, 0.1) is 0 Å². The van der Waals surface area contributed by atoms with Gasteiger partial charge in [0.1, 0.15) is 0 Å². The summed E-state index contributed by atoms with van der Waals surface area (Å²) >= 11 is 0. The molecule has 0 saturated heterocycles. The van der Waals surface area contributed by atoms with Gasteiger partial charge in [0, 0.05) is 45.5 Å². The molecule has 1 heterocycles. The van der Waals surface area contributed by atoms with Gasteiger partial charge in [-0.15, -0.1) is 0 Å². The number of methoxy groups -OCH3 is 1. The smallest absolute Gasteiger partial charge is 0.257 e. The largest absolute Gasteiger partial charge is 0.378 e. The Bertz CT molecular complexity index is 1060. The maximum absolute atomic E-state index is 13.2. The second-order valence-corrected chi connectivity index (χ2v) is 8.25. The van der Waals surface area contributed by atoms with Crippen molar-refractivity contribution in [2.24, 2.45) is 0 Å². The standard InChI is InChI=1S/C26H29N3O3/c1-27(2)22-14-10-20(11-15-22)16-28-18-29(25(30)23-6-4-5-7-24(23)28)17-19-8-12-21(13-9-19)26(31)32-3/h4-15,26,31H,16-18H2,1-3H3. The van der Waals surface area contributed by atoms with Crippen molar-refractivity contribution in [3.8, 4) is 0 Å². The molecule has 3 aromatic rings. The van der Waals surface area contributed by atoms with E-state index in [9.17, 15) is 9.90 Å². The predicted molar refractivity (Wildman–Crippen MR) is 127 cm³/mol. The van der Waals surface area contributed by atoms with Crippen LogP contribution in [0.15, 0.2) is 72.8 Å². The zero-order chi connectivity index (χ0) is 22.7. The summed E-state index contributed by atoms with van der Waals surface area (Å²) < 4.78 is 4.95. The van der Waals surface area contributed by atoms with E-state index >= 15 is 0 Å². The first-order chi connectivity index (χ1) is 15.5. The van der Waals surface area contributed by atoms with Crippen LogP contribution in [0.5, 0.6) is 0 Å². The molecule has 1 unspecified atom stereocenters. The number of aliphatic hydroxyl groups is 1. The van der Waals surface area contributed by atoms with E-state index in [1.807, 2.05) is 67.5 Å². The van der Waals surface area contributed by atoms with Crippen molar-refractivity contribution >= 4 is 17.3 Å². The number of amides is 1. The molecular formula is C26H29N3O3. The highest BCUT2D eigenvalue weighted by molar-refractivity contribution is 6.01. The minimum Gasteiger partial charge on any atom is -0.378 e. The number of anilines is 2. The Hall–Kier alpha value is -3.35. The van der Waals surface area contributed by atoms with E-state index in [0.29, 0.717) is 25.3 Å². The highest BCUT2D eigenvalue weighted by Gasteiger charge is 2.29. The molecule has 0 spiro atoms. The van der Waals surface area contributed by atoms with Crippen molar-refractivity contribution in [1.29, 1.82) is 0 Å². The fraction of sp³-hybridized carbons (Fsp3) is 0.269. The fourth-order valence-electron chi connectivity index (χ4n) is 3.97. The molecule has 0 bridgehead atoms. The van der Waals surface area contributed by atoms with Gasteiger partial charge in [0.05, 0.1) is 17.9 Å². The van der Waals surface area contributed by atoms with Crippen molar-refractivity contribution in [2.45, 2.75) is 19.4 Å². The molecule has 1 N–H and O–H groups in total. The summed E-state index contributed by atoms with van der Waals surface area (Å²) in [7, 11) is 5.52. The van der Waals surface area contributed by atoms with Gasteiger partial charge in [0.2, 0.25) is 0 Å². The number of aliphatic hydroxyl groups excluding tert-OH is 1. The fourth-order valence-corrected chi connectivity index (χ4v) is 3.97. The Kier molecular flexibility index (Phi) is 6.44. The Morgan fingerprint density at radius 1 is 0.906 bits per heavy atom. The zero-order valence-electron chi connectivity index (χ0n) is 18.7. The number of hydrogen-bond donors (Lipinski definition) is 1. The van der Waals surface area contributed by atoms with E-state index in [2.05, 4.69) is 34.1 Å². The molecule has 0 aromatic heterocycles. The molecule has 1 amide bonds. The Balaban J connectivity index is 1.55. The lowest BCUT2D eigenvalue weighted by Gasteiger charge is -2.38. The summed E-state index contributed by atoms with van der Waals surface area (Å²) in [5, 5.41) is 9.82. The Labute approximate surface area is 189 Å². The minimum atomic E-state index is -0.943. The van der Waals surface area contributed by atoms with Crippen LogP contribution in [0.25, 0.3) is 0 Å². The number of benzene rings is 3. The molecule has 1 aliphatic heterocycles. The molecule has 0 fully saturated rings. The normalized spacial score (nSPS) is 14.3. The topological polar surface area (TPSA) is 56.3 Å². The number of nitrogens with zero attached hydrogens (tertiary/aromatic N) is 3. The third-order valence-corrected chi connectivity index (χ3v) is 5.79. The number of hydrogen-bond acceptors (Lipinski definition) is 5. The number of ether oxygens (including phenoxy) is 1.